The molecule has 102 valence electrons. The molecule has 0 amide bonds. The summed E-state index contributed by atoms with van der Waals surface area (Å²) < 4.78 is 3.15. The summed E-state index contributed by atoms with van der Waals surface area (Å²) in [7, 11) is 0. The van der Waals surface area contributed by atoms with E-state index in [1.165, 1.54) is 55.1 Å². The van der Waals surface area contributed by atoms with Crippen molar-refractivity contribution in [3.63, 3.8) is 0 Å². The van der Waals surface area contributed by atoms with Crippen molar-refractivity contribution >= 4 is 23.3 Å². The Labute approximate surface area is 119 Å². The summed E-state index contributed by atoms with van der Waals surface area (Å²) in [6.07, 6.45) is 8.37. The molecule has 0 spiro atoms. The van der Waals surface area contributed by atoms with Crippen molar-refractivity contribution in [2.45, 2.75) is 52.0 Å². The Morgan fingerprint density at radius 3 is 2.84 bits per heavy atom. The van der Waals surface area contributed by atoms with Crippen molar-refractivity contribution in [3.05, 3.63) is 28.5 Å². The second kappa shape index (κ2) is 5.49. The Balaban J connectivity index is 1.80. The van der Waals surface area contributed by atoms with Gasteiger partial charge < -0.3 is 9.55 Å². The highest BCUT2D eigenvalue weighted by atomic mass is 32.1. The summed E-state index contributed by atoms with van der Waals surface area (Å²) in [6.45, 7) is 3.18. The lowest BCUT2D eigenvalue weighted by atomic mass is 9.87. The number of H-pyrrole nitrogens is 1. The van der Waals surface area contributed by atoms with Gasteiger partial charge in [-0.05, 0) is 49.2 Å². The Hall–Kier alpha value is -1.09. The number of hydrogen-bond donors (Lipinski definition) is 1. The first-order chi connectivity index (χ1) is 9.24. The normalized spacial score (nSPS) is 17.1. The maximum absolute atomic E-state index is 5.47. The molecular formula is C16H22N2S. The van der Waals surface area contributed by atoms with E-state index in [0.29, 0.717) is 0 Å². The highest BCUT2D eigenvalue weighted by Gasteiger charge is 2.14. The van der Waals surface area contributed by atoms with Gasteiger partial charge in [-0.3, -0.25) is 0 Å². The van der Waals surface area contributed by atoms with Crippen LogP contribution < -0.4 is 0 Å². The van der Waals surface area contributed by atoms with Crippen LogP contribution in [0.25, 0.3) is 11.0 Å². The molecule has 1 aliphatic carbocycles. The minimum Gasteiger partial charge on any atom is -0.331 e. The van der Waals surface area contributed by atoms with E-state index in [4.69, 9.17) is 12.2 Å². The zero-order valence-corrected chi connectivity index (χ0v) is 12.4. The number of imidazole rings is 1. The Bertz CT molecular complexity index is 617. The van der Waals surface area contributed by atoms with Crippen molar-refractivity contribution in [2.24, 2.45) is 5.92 Å². The van der Waals surface area contributed by atoms with E-state index in [0.717, 1.165) is 17.2 Å². The standard InChI is InChI=1S/C16H22N2S/c1-12-7-8-15-14(11-12)17-16(19)18(15)10-9-13-5-3-2-4-6-13/h7-8,11,13H,2-6,9-10H2,1H3,(H,17,19). The van der Waals surface area contributed by atoms with E-state index in [2.05, 4.69) is 34.7 Å². The average Bonchev–Trinajstić information content (AvgIpc) is 2.72. The van der Waals surface area contributed by atoms with Crippen LogP contribution in [0.2, 0.25) is 0 Å². The minimum atomic E-state index is 0.872. The number of fused-ring (bicyclic) bond motifs is 1. The second-order valence-corrected chi connectivity index (χ2v) is 6.28. The maximum atomic E-state index is 5.47. The third-order valence-corrected chi connectivity index (χ3v) is 4.74. The smallest absolute Gasteiger partial charge is 0.178 e. The Kier molecular flexibility index (Phi) is 3.74. The van der Waals surface area contributed by atoms with Gasteiger partial charge in [-0.2, -0.15) is 0 Å². The van der Waals surface area contributed by atoms with Crippen LogP contribution in [-0.4, -0.2) is 9.55 Å². The first-order valence-electron chi connectivity index (χ1n) is 7.43. The SMILES string of the molecule is Cc1ccc2c(c1)[nH]c(=S)n2CCC1CCCCC1. The number of nitrogens with one attached hydrogen (secondary N) is 1. The van der Waals surface area contributed by atoms with Gasteiger partial charge >= 0.3 is 0 Å². The third-order valence-electron chi connectivity index (χ3n) is 4.42. The zero-order valence-electron chi connectivity index (χ0n) is 11.6. The molecule has 2 aromatic rings. The Morgan fingerprint density at radius 2 is 2.05 bits per heavy atom. The summed E-state index contributed by atoms with van der Waals surface area (Å²) in [5.74, 6) is 0.908. The molecule has 2 nitrogen and oxygen atoms in total. The molecule has 3 rings (SSSR count). The lowest BCUT2D eigenvalue weighted by Crippen LogP contribution is -2.10. The van der Waals surface area contributed by atoms with Crippen LogP contribution in [0.3, 0.4) is 0 Å². The molecule has 1 aromatic carbocycles. The summed E-state index contributed by atoms with van der Waals surface area (Å²) in [5.41, 5.74) is 3.71. The van der Waals surface area contributed by atoms with Crippen LogP contribution >= 0.6 is 12.2 Å². The molecule has 0 atom stereocenters. The molecule has 1 aromatic heterocycles. The Morgan fingerprint density at radius 1 is 1.26 bits per heavy atom. The quantitative estimate of drug-likeness (QED) is 0.783. The van der Waals surface area contributed by atoms with E-state index in [9.17, 15) is 0 Å². The topological polar surface area (TPSA) is 20.7 Å². The lowest BCUT2D eigenvalue weighted by molar-refractivity contribution is 0.325. The number of benzene rings is 1. The van der Waals surface area contributed by atoms with Gasteiger partial charge in [-0.1, -0.05) is 38.2 Å². The summed E-state index contributed by atoms with van der Waals surface area (Å²) >= 11 is 5.47. The second-order valence-electron chi connectivity index (χ2n) is 5.90. The number of hydrogen-bond acceptors (Lipinski definition) is 1. The van der Waals surface area contributed by atoms with Crippen molar-refractivity contribution in [1.82, 2.24) is 9.55 Å². The van der Waals surface area contributed by atoms with Gasteiger partial charge in [0.15, 0.2) is 4.77 Å². The van der Waals surface area contributed by atoms with Gasteiger partial charge in [0.2, 0.25) is 0 Å². The van der Waals surface area contributed by atoms with Gasteiger partial charge in [0, 0.05) is 6.54 Å². The molecule has 19 heavy (non-hydrogen) atoms. The van der Waals surface area contributed by atoms with E-state index in [1.807, 2.05) is 0 Å². The minimum absolute atomic E-state index is 0.872. The van der Waals surface area contributed by atoms with E-state index >= 15 is 0 Å². The van der Waals surface area contributed by atoms with Crippen LogP contribution in [0, 0.1) is 17.6 Å². The summed E-state index contributed by atoms with van der Waals surface area (Å²) in [5, 5.41) is 0. The first kappa shape index (κ1) is 12.9. The van der Waals surface area contributed by atoms with Crippen molar-refractivity contribution in [1.29, 1.82) is 0 Å². The summed E-state index contributed by atoms with van der Waals surface area (Å²) in [4.78, 5) is 3.33. The van der Waals surface area contributed by atoms with Gasteiger partial charge in [-0.25, -0.2) is 0 Å². The lowest BCUT2D eigenvalue weighted by Gasteiger charge is -2.21. The van der Waals surface area contributed by atoms with Gasteiger partial charge in [0.05, 0.1) is 11.0 Å². The molecule has 3 heteroatoms. The molecule has 0 unspecified atom stereocenters. The van der Waals surface area contributed by atoms with Crippen LogP contribution in [0.5, 0.6) is 0 Å². The molecular weight excluding hydrogens is 252 g/mol. The predicted octanol–water partition coefficient (Wildman–Crippen LogP) is 4.98. The highest BCUT2D eigenvalue weighted by Crippen LogP contribution is 2.27. The number of aromatic nitrogens is 2. The fourth-order valence-corrected chi connectivity index (χ4v) is 3.59. The van der Waals surface area contributed by atoms with Crippen LogP contribution in [0.1, 0.15) is 44.1 Å². The molecule has 1 aliphatic rings. The summed E-state index contributed by atoms with van der Waals surface area (Å²) in [6, 6.07) is 6.54. The number of aryl methyl sites for hydroxylation is 2. The number of aromatic amines is 1. The molecule has 0 bridgehead atoms. The molecule has 1 saturated carbocycles. The highest BCUT2D eigenvalue weighted by molar-refractivity contribution is 7.71. The van der Waals surface area contributed by atoms with E-state index in [1.54, 1.807) is 0 Å². The van der Waals surface area contributed by atoms with Crippen LogP contribution in [0.4, 0.5) is 0 Å². The molecule has 1 N–H and O–H groups in total. The molecule has 0 aliphatic heterocycles. The molecule has 0 radical (unpaired) electrons. The molecule has 1 heterocycles. The van der Waals surface area contributed by atoms with Gasteiger partial charge in [-0.15, -0.1) is 0 Å². The van der Waals surface area contributed by atoms with Crippen LogP contribution in [-0.2, 0) is 6.54 Å². The molecule has 1 fully saturated rings. The van der Waals surface area contributed by atoms with E-state index < -0.39 is 0 Å². The number of rotatable bonds is 3. The monoisotopic (exact) mass is 274 g/mol. The fraction of sp³-hybridized carbons (Fsp3) is 0.562. The maximum Gasteiger partial charge on any atom is 0.178 e. The number of nitrogens with zero attached hydrogens (tertiary/aromatic N) is 1. The predicted molar refractivity (Wildman–Crippen MR) is 83.1 cm³/mol. The molecule has 0 saturated heterocycles. The van der Waals surface area contributed by atoms with E-state index in [-0.39, 0.29) is 0 Å². The van der Waals surface area contributed by atoms with Gasteiger partial charge in [0.25, 0.3) is 0 Å². The third kappa shape index (κ3) is 2.76. The van der Waals surface area contributed by atoms with Crippen molar-refractivity contribution in [3.8, 4) is 0 Å². The van der Waals surface area contributed by atoms with Gasteiger partial charge in [0.1, 0.15) is 0 Å². The largest absolute Gasteiger partial charge is 0.331 e. The average molecular weight is 274 g/mol. The zero-order chi connectivity index (χ0) is 13.2. The first-order valence-corrected chi connectivity index (χ1v) is 7.84. The fourth-order valence-electron chi connectivity index (χ4n) is 3.29. The van der Waals surface area contributed by atoms with Crippen molar-refractivity contribution < 1.29 is 0 Å². The van der Waals surface area contributed by atoms with Crippen molar-refractivity contribution in [2.75, 3.05) is 0 Å². The van der Waals surface area contributed by atoms with Crippen LogP contribution in [0.15, 0.2) is 18.2 Å².